The number of fused-ring (bicyclic) bond motifs is 4. The molecule has 0 aliphatic carbocycles. The molecular weight excluding hydrogens is 640 g/mol. The van der Waals surface area contributed by atoms with Crippen molar-refractivity contribution in [1.29, 1.82) is 0 Å². The Balaban J connectivity index is 1.16. The Morgan fingerprint density at radius 1 is 0.510 bits per heavy atom. The molecule has 8 aromatic carbocycles. The summed E-state index contributed by atoms with van der Waals surface area (Å²) in [5.41, 5.74) is 6.46. The van der Waals surface area contributed by atoms with Gasteiger partial charge in [0.25, 0.3) is 0 Å². The molecule has 0 bridgehead atoms. The van der Waals surface area contributed by atoms with Crippen LogP contribution in [-0.4, -0.2) is 9.55 Å². The zero-order chi connectivity index (χ0) is 34.2. The minimum absolute atomic E-state index is 0.0775. The van der Waals surface area contributed by atoms with Crippen molar-refractivity contribution in [3.05, 3.63) is 175 Å². The summed E-state index contributed by atoms with van der Waals surface area (Å²) in [5, 5.41) is 9.37. The molecule has 0 radical (unpaired) electrons. The normalized spacial score (nSPS) is 11.8. The third-order valence-electron chi connectivity index (χ3n) is 10.0. The van der Waals surface area contributed by atoms with Crippen LogP contribution in [0.5, 0.6) is 0 Å². The summed E-state index contributed by atoms with van der Waals surface area (Å²) in [5.74, 6) is -3.97. The monoisotopic (exact) mass is 665 g/mol. The molecule has 0 N–H and O–H groups in total. The van der Waals surface area contributed by atoms with E-state index >= 15 is 4.39 Å². The van der Waals surface area contributed by atoms with Gasteiger partial charge in [-0.3, -0.25) is 4.98 Å². The van der Waals surface area contributed by atoms with E-state index in [1.54, 1.807) is 17.0 Å². The van der Waals surface area contributed by atoms with Crippen molar-refractivity contribution in [3.63, 3.8) is 0 Å². The molecule has 0 saturated heterocycles. The van der Waals surface area contributed by atoms with Gasteiger partial charge in [-0.05, 0) is 104 Å². The predicted molar refractivity (Wildman–Crippen MR) is 202 cm³/mol. The maximum atomic E-state index is 15.2. The van der Waals surface area contributed by atoms with Gasteiger partial charge in [0.1, 0.15) is 0 Å². The third kappa shape index (κ3) is 4.36. The van der Waals surface area contributed by atoms with Crippen molar-refractivity contribution in [2.24, 2.45) is 0 Å². The fraction of sp³-hybridized carbons (Fsp3) is 0. The summed E-state index contributed by atoms with van der Waals surface area (Å²) in [7, 11) is 0. The van der Waals surface area contributed by atoms with Crippen LogP contribution in [0.4, 0.5) is 30.2 Å². The average molecular weight is 666 g/mol. The third-order valence-corrected chi connectivity index (χ3v) is 10.0. The Morgan fingerprint density at radius 3 is 2.00 bits per heavy atom. The molecule has 10 aromatic rings. The summed E-state index contributed by atoms with van der Waals surface area (Å²) < 4.78 is 45.9. The highest BCUT2D eigenvalue weighted by atomic mass is 19.2. The van der Waals surface area contributed by atoms with Crippen LogP contribution in [0.15, 0.2) is 158 Å². The molecule has 0 atom stereocenters. The predicted octanol–water partition coefficient (Wildman–Crippen LogP) is 12.6. The van der Waals surface area contributed by atoms with Crippen LogP contribution < -0.4 is 4.90 Å². The summed E-state index contributed by atoms with van der Waals surface area (Å²) in [6, 6.07) is 47.0. The quantitative estimate of drug-likeness (QED) is 0.135. The van der Waals surface area contributed by atoms with Gasteiger partial charge in [-0.1, -0.05) is 84.9 Å². The highest BCUT2D eigenvalue weighted by Crippen LogP contribution is 2.45. The first-order valence-corrected chi connectivity index (χ1v) is 16.7. The Morgan fingerprint density at radius 2 is 1.20 bits per heavy atom. The Bertz CT molecular complexity index is 2940. The molecule has 2 heterocycles. The van der Waals surface area contributed by atoms with E-state index in [2.05, 4.69) is 82.3 Å². The number of halogens is 3. The molecule has 242 valence electrons. The molecule has 0 unspecified atom stereocenters. The summed E-state index contributed by atoms with van der Waals surface area (Å²) in [4.78, 5) is 6.09. The van der Waals surface area contributed by atoms with Crippen molar-refractivity contribution in [1.82, 2.24) is 9.55 Å². The molecule has 0 saturated carbocycles. The average Bonchev–Trinajstić information content (AvgIpc) is 3.52. The van der Waals surface area contributed by atoms with Gasteiger partial charge in [-0.2, -0.15) is 0 Å². The van der Waals surface area contributed by atoms with Crippen LogP contribution in [0.2, 0.25) is 0 Å². The van der Waals surface area contributed by atoms with Crippen LogP contribution in [0.25, 0.3) is 70.9 Å². The van der Waals surface area contributed by atoms with Crippen molar-refractivity contribution >= 4 is 71.2 Å². The minimum Gasteiger partial charge on any atom is -0.308 e. The molecule has 0 fully saturated rings. The molecule has 0 amide bonds. The number of nitrogens with zero attached hydrogens (tertiary/aromatic N) is 3. The first-order valence-electron chi connectivity index (χ1n) is 16.7. The second-order valence-electron chi connectivity index (χ2n) is 12.8. The largest absolute Gasteiger partial charge is 0.308 e. The maximum absolute atomic E-state index is 15.2. The minimum atomic E-state index is -1.50. The number of benzene rings is 8. The highest BCUT2D eigenvalue weighted by Gasteiger charge is 2.23. The molecule has 10 rings (SSSR count). The number of para-hydroxylation sites is 2. The smallest absolute Gasteiger partial charge is 0.196 e. The number of hydrogen-bond acceptors (Lipinski definition) is 2. The lowest BCUT2D eigenvalue weighted by molar-refractivity contribution is 0.448. The Labute approximate surface area is 290 Å². The van der Waals surface area contributed by atoms with E-state index in [9.17, 15) is 8.78 Å². The van der Waals surface area contributed by atoms with Gasteiger partial charge in [0.2, 0.25) is 0 Å². The van der Waals surface area contributed by atoms with E-state index in [4.69, 9.17) is 0 Å². The Hall–Kier alpha value is -6.66. The number of aromatic nitrogens is 2. The van der Waals surface area contributed by atoms with E-state index in [1.807, 2.05) is 60.9 Å². The first kappa shape index (κ1) is 29.3. The topological polar surface area (TPSA) is 21.1 Å². The van der Waals surface area contributed by atoms with Crippen molar-refractivity contribution < 1.29 is 13.2 Å². The van der Waals surface area contributed by atoms with Crippen LogP contribution in [0, 0.1) is 17.5 Å². The zero-order valence-corrected chi connectivity index (χ0v) is 27.0. The van der Waals surface area contributed by atoms with E-state index < -0.39 is 17.5 Å². The molecule has 6 heteroatoms. The van der Waals surface area contributed by atoms with Crippen LogP contribution in [0.1, 0.15) is 0 Å². The van der Waals surface area contributed by atoms with E-state index in [0.29, 0.717) is 11.4 Å². The van der Waals surface area contributed by atoms with Crippen molar-refractivity contribution in [2.45, 2.75) is 0 Å². The lowest BCUT2D eigenvalue weighted by Gasteiger charge is -2.26. The molecule has 0 spiro atoms. The fourth-order valence-corrected chi connectivity index (χ4v) is 7.82. The number of pyridine rings is 1. The second-order valence-corrected chi connectivity index (χ2v) is 12.8. The van der Waals surface area contributed by atoms with Gasteiger partial charge < -0.3 is 9.47 Å². The molecule has 3 nitrogen and oxygen atoms in total. The van der Waals surface area contributed by atoms with Crippen LogP contribution >= 0.6 is 0 Å². The zero-order valence-electron chi connectivity index (χ0n) is 27.0. The van der Waals surface area contributed by atoms with E-state index in [1.165, 1.54) is 27.6 Å². The van der Waals surface area contributed by atoms with E-state index in [0.717, 1.165) is 55.5 Å². The SMILES string of the molecule is Fc1ccc(N(c2ccccc2)c2ccc(-c3ccc4ccc5c6c(ccc3c46)cc3c5c4ccncc4n3-c3ccccc3)cc2)c(F)c1F. The number of hydrogen-bond donors (Lipinski definition) is 0. The summed E-state index contributed by atoms with van der Waals surface area (Å²) in [6.07, 6.45) is 3.80. The van der Waals surface area contributed by atoms with Gasteiger partial charge in [0, 0.05) is 34.0 Å². The number of anilines is 3. The van der Waals surface area contributed by atoms with Gasteiger partial charge in [-0.15, -0.1) is 0 Å². The summed E-state index contributed by atoms with van der Waals surface area (Å²) >= 11 is 0. The van der Waals surface area contributed by atoms with Crippen molar-refractivity contribution in [3.8, 4) is 16.8 Å². The van der Waals surface area contributed by atoms with Crippen LogP contribution in [-0.2, 0) is 0 Å². The maximum Gasteiger partial charge on any atom is 0.196 e. The molecule has 0 aliphatic heterocycles. The van der Waals surface area contributed by atoms with Crippen molar-refractivity contribution in [2.75, 3.05) is 4.90 Å². The summed E-state index contributed by atoms with van der Waals surface area (Å²) in [6.45, 7) is 0. The Kier molecular flexibility index (Phi) is 6.42. The lowest BCUT2D eigenvalue weighted by Crippen LogP contribution is -2.13. The number of rotatable bonds is 5. The van der Waals surface area contributed by atoms with Gasteiger partial charge in [0.05, 0.1) is 22.9 Å². The molecule has 2 aromatic heterocycles. The van der Waals surface area contributed by atoms with Gasteiger partial charge in [-0.25, -0.2) is 13.2 Å². The molecule has 0 aliphatic rings. The van der Waals surface area contributed by atoms with Crippen LogP contribution in [0.3, 0.4) is 0 Å². The fourth-order valence-electron chi connectivity index (χ4n) is 7.82. The first-order chi connectivity index (χ1) is 25.1. The lowest BCUT2D eigenvalue weighted by atomic mass is 9.88. The molecule has 51 heavy (non-hydrogen) atoms. The standard InChI is InChI=1S/C45H26F3N3/c46-37-21-22-38(45(48)44(37)47)50(30-7-3-1-4-8-30)32-16-11-27(12-17-32)33-18-13-28-14-20-36-42-29(15-19-34(33)41(28)42)25-39-43(36)35-23-24-49-26-40(35)51(39)31-9-5-2-6-10-31/h1-26H. The second kappa shape index (κ2) is 11.2. The van der Waals surface area contributed by atoms with Gasteiger partial charge >= 0.3 is 0 Å². The van der Waals surface area contributed by atoms with E-state index in [-0.39, 0.29) is 5.69 Å². The van der Waals surface area contributed by atoms with Gasteiger partial charge in [0.15, 0.2) is 17.5 Å². The highest BCUT2D eigenvalue weighted by molar-refractivity contribution is 6.34. The molecular formula is C45H26F3N3.